The third-order valence-corrected chi connectivity index (χ3v) is 4.43. The van der Waals surface area contributed by atoms with Gasteiger partial charge in [0.1, 0.15) is 0 Å². The Kier molecular flexibility index (Phi) is 10.8. The maximum absolute atomic E-state index is 5.76. The summed E-state index contributed by atoms with van der Waals surface area (Å²) in [6.45, 7) is 7.35. The second-order valence-corrected chi connectivity index (χ2v) is 6.12. The van der Waals surface area contributed by atoms with E-state index in [1.54, 1.807) is 14.2 Å². The van der Waals surface area contributed by atoms with Gasteiger partial charge in [-0.15, -0.1) is 24.0 Å². The summed E-state index contributed by atoms with van der Waals surface area (Å²) in [6, 6.07) is 5.74. The number of nitrogens with one attached hydrogen (secondary N) is 2. The van der Waals surface area contributed by atoms with Crippen LogP contribution >= 0.6 is 24.0 Å². The summed E-state index contributed by atoms with van der Waals surface area (Å²) in [5.41, 5.74) is 0.625. The molecule has 1 aromatic rings. The van der Waals surface area contributed by atoms with Crippen molar-refractivity contribution in [1.82, 2.24) is 5.32 Å². The summed E-state index contributed by atoms with van der Waals surface area (Å²) >= 11 is 0. The van der Waals surface area contributed by atoms with Crippen molar-refractivity contribution in [3.8, 4) is 11.5 Å². The van der Waals surface area contributed by atoms with E-state index in [9.17, 15) is 0 Å². The molecule has 1 fully saturated rings. The van der Waals surface area contributed by atoms with E-state index in [-0.39, 0.29) is 29.6 Å². The normalized spacial score (nSPS) is 16.2. The second kappa shape index (κ2) is 12.2. The Morgan fingerprint density at radius 3 is 2.52 bits per heavy atom. The minimum Gasteiger partial charge on any atom is -0.493 e. The summed E-state index contributed by atoms with van der Waals surface area (Å²) in [7, 11) is 3.38. The first-order valence-corrected chi connectivity index (χ1v) is 9.15. The van der Waals surface area contributed by atoms with E-state index in [1.165, 1.54) is 0 Å². The Labute approximate surface area is 179 Å². The average Bonchev–Trinajstić information content (AvgIpc) is 2.68. The number of hydrogen-bond donors (Lipinski definition) is 2. The van der Waals surface area contributed by atoms with Crippen molar-refractivity contribution in [2.45, 2.75) is 32.3 Å². The largest absolute Gasteiger partial charge is 0.493 e. The number of guanidine groups is 1. The molecule has 0 aliphatic carbocycles. The lowest BCUT2D eigenvalue weighted by atomic mass is 9.94. The monoisotopic (exact) mass is 493 g/mol. The zero-order valence-electron chi connectivity index (χ0n) is 16.7. The molecule has 7 nitrogen and oxygen atoms in total. The number of benzene rings is 1. The number of aliphatic imine (C=N–C) groups is 1. The van der Waals surface area contributed by atoms with E-state index in [0.717, 1.165) is 30.8 Å². The summed E-state index contributed by atoms with van der Waals surface area (Å²) < 4.78 is 22.2. The van der Waals surface area contributed by atoms with Crippen LogP contribution in [0.1, 0.15) is 26.7 Å². The number of nitrogens with zero attached hydrogens (tertiary/aromatic N) is 1. The van der Waals surface area contributed by atoms with Crippen molar-refractivity contribution >= 4 is 35.6 Å². The molecule has 0 amide bonds. The first-order chi connectivity index (χ1) is 12.7. The van der Waals surface area contributed by atoms with Crippen LogP contribution in [0.3, 0.4) is 0 Å². The Balaban J connectivity index is 0.00000364. The van der Waals surface area contributed by atoms with Gasteiger partial charge in [0, 0.05) is 51.5 Å². The summed E-state index contributed by atoms with van der Waals surface area (Å²) in [5, 5.41) is 6.59. The summed E-state index contributed by atoms with van der Waals surface area (Å²) in [4.78, 5) is 4.73. The Hall–Kier alpha value is -1.26. The van der Waals surface area contributed by atoms with Gasteiger partial charge in [-0.3, -0.25) is 0 Å². The molecule has 0 aromatic heterocycles. The third kappa shape index (κ3) is 7.00. The van der Waals surface area contributed by atoms with Crippen LogP contribution in [0, 0.1) is 0 Å². The van der Waals surface area contributed by atoms with E-state index < -0.39 is 0 Å². The fraction of sp³-hybridized carbons (Fsp3) is 0.632. The van der Waals surface area contributed by atoms with Gasteiger partial charge in [-0.1, -0.05) is 0 Å². The van der Waals surface area contributed by atoms with E-state index in [1.807, 2.05) is 32.0 Å². The zero-order valence-corrected chi connectivity index (χ0v) is 19.0. The number of methoxy groups -OCH3 is 2. The molecule has 1 aromatic carbocycles. The minimum absolute atomic E-state index is 0. The van der Waals surface area contributed by atoms with Gasteiger partial charge in [0.05, 0.1) is 25.9 Å². The van der Waals surface area contributed by atoms with Gasteiger partial charge in [0.2, 0.25) is 0 Å². The zero-order chi connectivity index (χ0) is 18.8. The van der Waals surface area contributed by atoms with Gasteiger partial charge in [0.25, 0.3) is 0 Å². The van der Waals surface area contributed by atoms with Gasteiger partial charge < -0.3 is 29.6 Å². The molecule has 0 unspecified atom stereocenters. The van der Waals surface area contributed by atoms with Gasteiger partial charge in [-0.25, -0.2) is 4.99 Å². The molecule has 1 saturated heterocycles. The molecule has 0 atom stereocenters. The molecule has 1 aliphatic heterocycles. The Morgan fingerprint density at radius 2 is 1.93 bits per heavy atom. The summed E-state index contributed by atoms with van der Waals surface area (Å²) in [5.74, 6) is 2.12. The van der Waals surface area contributed by atoms with Crippen LogP contribution in [0.15, 0.2) is 23.2 Å². The molecule has 2 N–H and O–H groups in total. The number of halogens is 1. The molecule has 1 heterocycles. The van der Waals surface area contributed by atoms with Crippen LogP contribution in [-0.2, 0) is 9.47 Å². The average molecular weight is 493 g/mol. The van der Waals surface area contributed by atoms with Gasteiger partial charge in [-0.2, -0.15) is 0 Å². The lowest BCUT2D eigenvalue weighted by Crippen LogP contribution is -2.42. The SMILES string of the molecule is CCNC(=NCC1(OC)CCOCC1)Nc1ccc(OCC)c(OC)c1.I. The third-order valence-electron chi connectivity index (χ3n) is 4.43. The van der Waals surface area contributed by atoms with Crippen molar-refractivity contribution in [1.29, 1.82) is 0 Å². The standard InChI is InChI=1S/C19H31N3O4.HI/c1-5-20-18(21-14-19(24-4)9-11-25-12-10-19)22-15-7-8-16(26-6-2)17(13-15)23-3;/h7-8,13H,5-6,9-12,14H2,1-4H3,(H2,20,21,22);1H. The van der Waals surface area contributed by atoms with E-state index >= 15 is 0 Å². The van der Waals surface area contributed by atoms with E-state index in [0.29, 0.717) is 38.1 Å². The maximum atomic E-state index is 5.76. The topological polar surface area (TPSA) is 73.3 Å². The predicted octanol–water partition coefficient (Wildman–Crippen LogP) is 3.28. The van der Waals surface area contributed by atoms with Crippen molar-refractivity contribution in [2.24, 2.45) is 4.99 Å². The smallest absolute Gasteiger partial charge is 0.195 e. The van der Waals surface area contributed by atoms with Gasteiger partial charge in [0.15, 0.2) is 17.5 Å². The summed E-state index contributed by atoms with van der Waals surface area (Å²) in [6.07, 6.45) is 1.70. The van der Waals surface area contributed by atoms with E-state index in [2.05, 4.69) is 10.6 Å². The highest BCUT2D eigenvalue weighted by Gasteiger charge is 2.32. The molecule has 2 rings (SSSR count). The van der Waals surface area contributed by atoms with Crippen LogP contribution in [0.25, 0.3) is 0 Å². The predicted molar refractivity (Wildman–Crippen MR) is 119 cm³/mol. The molecular weight excluding hydrogens is 461 g/mol. The van der Waals surface area contributed by atoms with Crippen molar-refractivity contribution in [2.75, 3.05) is 52.4 Å². The van der Waals surface area contributed by atoms with Crippen molar-refractivity contribution in [3.63, 3.8) is 0 Å². The first-order valence-electron chi connectivity index (χ1n) is 9.15. The Morgan fingerprint density at radius 1 is 1.19 bits per heavy atom. The molecule has 0 radical (unpaired) electrons. The number of anilines is 1. The maximum Gasteiger partial charge on any atom is 0.195 e. The van der Waals surface area contributed by atoms with Crippen LogP contribution in [-0.4, -0.2) is 58.7 Å². The van der Waals surface area contributed by atoms with Crippen molar-refractivity contribution in [3.05, 3.63) is 18.2 Å². The molecule has 0 spiro atoms. The fourth-order valence-electron chi connectivity index (χ4n) is 2.86. The molecule has 27 heavy (non-hydrogen) atoms. The number of rotatable bonds is 8. The highest BCUT2D eigenvalue weighted by Crippen LogP contribution is 2.30. The fourth-order valence-corrected chi connectivity index (χ4v) is 2.86. The highest BCUT2D eigenvalue weighted by molar-refractivity contribution is 14.0. The molecule has 154 valence electrons. The van der Waals surface area contributed by atoms with Crippen LogP contribution < -0.4 is 20.1 Å². The first kappa shape index (κ1) is 23.8. The molecule has 1 aliphatic rings. The lowest BCUT2D eigenvalue weighted by Gasteiger charge is -2.34. The van der Waals surface area contributed by atoms with Crippen LogP contribution in [0.5, 0.6) is 11.5 Å². The minimum atomic E-state index is -0.253. The van der Waals surface area contributed by atoms with Gasteiger partial charge in [-0.05, 0) is 26.0 Å². The molecule has 0 saturated carbocycles. The molecular formula is C19H32IN3O4. The van der Waals surface area contributed by atoms with Crippen molar-refractivity contribution < 1.29 is 18.9 Å². The Bertz CT molecular complexity index is 592. The number of hydrogen-bond acceptors (Lipinski definition) is 5. The van der Waals surface area contributed by atoms with E-state index in [4.69, 9.17) is 23.9 Å². The quantitative estimate of drug-likeness (QED) is 0.329. The van der Waals surface area contributed by atoms with Gasteiger partial charge >= 0.3 is 0 Å². The lowest BCUT2D eigenvalue weighted by molar-refractivity contribution is -0.0828. The van der Waals surface area contributed by atoms with Crippen LogP contribution in [0.4, 0.5) is 5.69 Å². The van der Waals surface area contributed by atoms with Crippen LogP contribution in [0.2, 0.25) is 0 Å². The highest BCUT2D eigenvalue weighted by atomic mass is 127. The molecule has 8 heteroatoms. The number of ether oxygens (including phenoxy) is 4. The molecule has 0 bridgehead atoms. The second-order valence-electron chi connectivity index (χ2n) is 6.12.